The number of thioether (sulfide) groups is 1. The topological polar surface area (TPSA) is 112 Å². The highest BCUT2D eigenvalue weighted by molar-refractivity contribution is 8.03. The number of ether oxygens (including phenoxy) is 1. The first-order chi connectivity index (χ1) is 16.9. The standard InChI is InChI=1S/C13H18N4O2S.C12H16N2O/c1-15-11(12(14)18)13(16-2)20-8-17-9-4-6-10(19-3)7-5-9;1-13-6-8-14(9-7-13)12-4-2-11(10-15)3-5-12/h4-7,16-17H,1,8H2,2-3H3,(H2,14,18);2-5,10H,6-9H2,1H3/b13-11-;. The number of carbonyl (C=O) groups is 2. The summed E-state index contributed by atoms with van der Waals surface area (Å²) in [4.78, 5) is 30.0. The Hall–Kier alpha value is -3.50. The van der Waals surface area contributed by atoms with Crippen LogP contribution in [-0.4, -0.2) is 77.1 Å². The summed E-state index contributed by atoms with van der Waals surface area (Å²) in [6.07, 6.45) is 0.883. The number of methoxy groups -OCH3 is 1. The molecule has 9 nitrogen and oxygen atoms in total. The number of benzene rings is 2. The van der Waals surface area contributed by atoms with Crippen molar-refractivity contribution in [2.24, 2.45) is 10.7 Å². The summed E-state index contributed by atoms with van der Waals surface area (Å²) in [5.41, 5.74) is 8.26. The minimum atomic E-state index is -0.610. The number of aldehydes is 1. The number of amides is 1. The van der Waals surface area contributed by atoms with Crippen LogP contribution in [0, 0.1) is 0 Å². The van der Waals surface area contributed by atoms with Gasteiger partial charge in [0, 0.05) is 50.2 Å². The first-order valence-corrected chi connectivity index (χ1v) is 12.1. The van der Waals surface area contributed by atoms with Gasteiger partial charge in [0.1, 0.15) is 17.1 Å². The lowest BCUT2D eigenvalue weighted by Crippen LogP contribution is -2.44. The van der Waals surface area contributed by atoms with Gasteiger partial charge in [-0.25, -0.2) is 0 Å². The van der Waals surface area contributed by atoms with Crippen LogP contribution in [0.15, 0.2) is 64.2 Å². The molecule has 188 valence electrons. The number of nitrogens with two attached hydrogens (primary N) is 1. The molecule has 1 fully saturated rings. The summed E-state index contributed by atoms with van der Waals surface area (Å²) in [6, 6.07) is 15.3. The summed E-state index contributed by atoms with van der Waals surface area (Å²) >= 11 is 1.38. The first kappa shape index (κ1) is 27.7. The largest absolute Gasteiger partial charge is 0.497 e. The van der Waals surface area contributed by atoms with Crippen molar-refractivity contribution in [1.29, 1.82) is 0 Å². The van der Waals surface area contributed by atoms with Crippen molar-refractivity contribution in [3.63, 3.8) is 0 Å². The lowest BCUT2D eigenvalue weighted by molar-refractivity contribution is -0.114. The Morgan fingerprint density at radius 1 is 1.14 bits per heavy atom. The Morgan fingerprint density at radius 2 is 1.77 bits per heavy atom. The molecule has 4 N–H and O–H groups in total. The molecule has 1 aliphatic rings. The summed E-state index contributed by atoms with van der Waals surface area (Å²) in [7, 11) is 5.46. The number of likely N-dealkylation sites (N-methyl/N-ethyl adjacent to an activating group) is 1. The Balaban J connectivity index is 0.000000256. The van der Waals surface area contributed by atoms with E-state index in [0.29, 0.717) is 10.9 Å². The predicted molar refractivity (Wildman–Crippen MR) is 145 cm³/mol. The van der Waals surface area contributed by atoms with Gasteiger partial charge in [-0.05, 0) is 62.3 Å². The third-order valence-corrected chi connectivity index (χ3v) is 6.29. The van der Waals surface area contributed by atoms with Crippen LogP contribution in [0.4, 0.5) is 11.4 Å². The fraction of sp³-hybridized carbons (Fsp3) is 0.320. The molecule has 0 aromatic heterocycles. The summed E-state index contributed by atoms with van der Waals surface area (Å²) in [6.45, 7) is 7.69. The number of carbonyl (C=O) groups excluding carboxylic acids is 2. The van der Waals surface area contributed by atoms with E-state index < -0.39 is 5.91 Å². The number of rotatable bonds is 10. The van der Waals surface area contributed by atoms with Gasteiger partial charge < -0.3 is 30.9 Å². The number of anilines is 2. The van der Waals surface area contributed by atoms with E-state index in [9.17, 15) is 9.59 Å². The van der Waals surface area contributed by atoms with E-state index in [1.165, 1.54) is 17.4 Å². The minimum absolute atomic E-state index is 0.133. The number of nitrogens with one attached hydrogen (secondary N) is 2. The maximum Gasteiger partial charge on any atom is 0.269 e. The Kier molecular flexibility index (Phi) is 11.6. The van der Waals surface area contributed by atoms with Crippen molar-refractivity contribution >= 4 is 42.0 Å². The molecular weight excluding hydrogens is 464 g/mol. The second-order valence-electron chi connectivity index (χ2n) is 7.64. The van der Waals surface area contributed by atoms with Gasteiger partial charge in [-0.15, -0.1) is 0 Å². The van der Waals surface area contributed by atoms with Crippen LogP contribution in [0.3, 0.4) is 0 Å². The van der Waals surface area contributed by atoms with Gasteiger partial charge in [-0.2, -0.15) is 0 Å². The maximum absolute atomic E-state index is 11.2. The van der Waals surface area contributed by atoms with Gasteiger partial charge in [0.2, 0.25) is 0 Å². The van der Waals surface area contributed by atoms with E-state index in [0.717, 1.165) is 49.5 Å². The molecular formula is C25H34N6O3S. The molecule has 1 heterocycles. The number of hydrogen-bond donors (Lipinski definition) is 3. The van der Waals surface area contributed by atoms with Crippen LogP contribution < -0.4 is 26.0 Å². The molecule has 0 saturated carbocycles. The molecule has 0 spiro atoms. The van der Waals surface area contributed by atoms with Gasteiger partial charge >= 0.3 is 0 Å². The molecule has 2 aromatic carbocycles. The molecule has 1 amide bonds. The molecule has 1 saturated heterocycles. The average Bonchev–Trinajstić information content (AvgIpc) is 2.89. The summed E-state index contributed by atoms with van der Waals surface area (Å²) in [5, 5.41) is 6.66. The molecule has 0 bridgehead atoms. The van der Waals surface area contributed by atoms with E-state index in [1.54, 1.807) is 14.2 Å². The van der Waals surface area contributed by atoms with Crippen molar-refractivity contribution < 1.29 is 14.3 Å². The lowest BCUT2D eigenvalue weighted by Gasteiger charge is -2.34. The van der Waals surface area contributed by atoms with E-state index >= 15 is 0 Å². The highest BCUT2D eigenvalue weighted by Gasteiger charge is 2.13. The van der Waals surface area contributed by atoms with Gasteiger partial charge in [-0.3, -0.25) is 14.6 Å². The molecule has 0 radical (unpaired) electrons. The molecule has 0 atom stereocenters. The summed E-state index contributed by atoms with van der Waals surface area (Å²) < 4.78 is 5.08. The fourth-order valence-corrected chi connectivity index (χ4v) is 4.08. The van der Waals surface area contributed by atoms with Crippen LogP contribution in [0.25, 0.3) is 0 Å². The minimum Gasteiger partial charge on any atom is -0.497 e. The Morgan fingerprint density at radius 3 is 2.26 bits per heavy atom. The zero-order chi connectivity index (χ0) is 25.6. The lowest BCUT2D eigenvalue weighted by atomic mass is 10.2. The number of piperazine rings is 1. The van der Waals surface area contributed by atoms with E-state index in [2.05, 4.69) is 39.2 Å². The number of primary amides is 1. The van der Waals surface area contributed by atoms with Gasteiger partial charge in [-0.1, -0.05) is 11.8 Å². The third kappa shape index (κ3) is 8.99. The Bertz CT molecular complexity index is 987. The van der Waals surface area contributed by atoms with E-state index in [-0.39, 0.29) is 5.70 Å². The maximum atomic E-state index is 11.2. The molecule has 3 rings (SSSR count). The van der Waals surface area contributed by atoms with Crippen molar-refractivity contribution in [3.05, 3.63) is 64.8 Å². The normalized spacial score (nSPS) is 14.1. The van der Waals surface area contributed by atoms with Crippen molar-refractivity contribution in [1.82, 2.24) is 10.2 Å². The van der Waals surface area contributed by atoms with Crippen molar-refractivity contribution in [2.75, 3.05) is 63.5 Å². The number of nitrogens with zero attached hydrogens (tertiary/aromatic N) is 3. The predicted octanol–water partition coefficient (Wildman–Crippen LogP) is 2.62. The van der Waals surface area contributed by atoms with E-state index in [4.69, 9.17) is 10.5 Å². The van der Waals surface area contributed by atoms with Gasteiger partial charge in [0.05, 0.1) is 13.0 Å². The second-order valence-corrected chi connectivity index (χ2v) is 8.63. The summed E-state index contributed by atoms with van der Waals surface area (Å²) in [5.74, 6) is 0.738. The molecule has 1 aliphatic heterocycles. The second kappa shape index (κ2) is 14.7. The molecule has 35 heavy (non-hydrogen) atoms. The number of aliphatic imine (C=N–C) groups is 1. The Labute approximate surface area is 211 Å². The molecule has 2 aromatic rings. The van der Waals surface area contributed by atoms with Crippen molar-refractivity contribution in [3.8, 4) is 5.75 Å². The highest BCUT2D eigenvalue weighted by Crippen LogP contribution is 2.20. The van der Waals surface area contributed by atoms with Crippen molar-refractivity contribution in [2.45, 2.75) is 0 Å². The third-order valence-electron chi connectivity index (χ3n) is 5.31. The van der Waals surface area contributed by atoms with Crippen LogP contribution in [0.2, 0.25) is 0 Å². The molecule has 0 aliphatic carbocycles. The number of hydrogen-bond acceptors (Lipinski definition) is 9. The van der Waals surface area contributed by atoms with Gasteiger partial charge in [0.15, 0.2) is 5.70 Å². The quantitative estimate of drug-likeness (QED) is 0.198. The molecule has 0 unspecified atom stereocenters. The average molecular weight is 499 g/mol. The smallest absolute Gasteiger partial charge is 0.269 e. The van der Waals surface area contributed by atoms with Crippen LogP contribution >= 0.6 is 11.8 Å². The highest BCUT2D eigenvalue weighted by atomic mass is 32.2. The zero-order valence-corrected chi connectivity index (χ0v) is 21.3. The van der Waals surface area contributed by atoms with E-state index in [1.807, 2.05) is 48.5 Å². The van der Waals surface area contributed by atoms with Crippen LogP contribution in [0.5, 0.6) is 5.75 Å². The SMILES string of the molecule is C=N/C(C(N)=O)=C(/NC)SCNc1ccc(OC)cc1.CN1CCN(c2ccc(C=O)cc2)CC1. The van der Waals surface area contributed by atoms with Crippen LogP contribution in [0.1, 0.15) is 10.4 Å². The fourth-order valence-electron chi connectivity index (χ4n) is 3.25. The van der Waals surface area contributed by atoms with Crippen LogP contribution in [-0.2, 0) is 4.79 Å². The van der Waals surface area contributed by atoms with Gasteiger partial charge in [0.25, 0.3) is 5.91 Å². The molecule has 10 heteroatoms. The monoisotopic (exact) mass is 498 g/mol. The first-order valence-electron chi connectivity index (χ1n) is 11.1. The zero-order valence-electron chi connectivity index (χ0n) is 20.5.